The molecule has 2 N–H and O–H groups in total. The van der Waals surface area contributed by atoms with E-state index in [4.69, 9.17) is 5.14 Å². The highest BCUT2D eigenvalue weighted by molar-refractivity contribution is 7.89. The first-order valence-electron chi connectivity index (χ1n) is 5.51. The highest BCUT2D eigenvalue weighted by Crippen LogP contribution is 2.18. The summed E-state index contributed by atoms with van der Waals surface area (Å²) in [6, 6.07) is 2.99. The molecule has 0 bridgehead atoms. The largest absolute Gasteiger partial charge is 0.339 e. The molecule has 1 aliphatic heterocycles. The van der Waals surface area contributed by atoms with E-state index in [9.17, 15) is 17.6 Å². The predicted octanol–water partition coefficient (Wildman–Crippen LogP) is 0.709. The van der Waals surface area contributed by atoms with Crippen LogP contribution in [0.4, 0.5) is 4.39 Å². The third kappa shape index (κ3) is 2.51. The van der Waals surface area contributed by atoms with Crippen LogP contribution >= 0.6 is 0 Å². The van der Waals surface area contributed by atoms with Gasteiger partial charge in [0.15, 0.2) is 0 Å². The van der Waals surface area contributed by atoms with E-state index < -0.39 is 21.7 Å². The van der Waals surface area contributed by atoms with Crippen LogP contribution in [0.25, 0.3) is 0 Å². The minimum atomic E-state index is -3.94. The molecule has 0 unspecified atom stereocenters. The van der Waals surface area contributed by atoms with Crippen molar-refractivity contribution in [2.45, 2.75) is 17.7 Å². The predicted molar refractivity (Wildman–Crippen MR) is 62.9 cm³/mol. The van der Waals surface area contributed by atoms with Crippen molar-refractivity contribution in [2.24, 2.45) is 5.14 Å². The fraction of sp³-hybridized carbons (Fsp3) is 0.364. The lowest BCUT2D eigenvalue weighted by Crippen LogP contribution is -2.28. The number of benzene rings is 1. The van der Waals surface area contributed by atoms with Crippen LogP contribution < -0.4 is 5.14 Å². The van der Waals surface area contributed by atoms with E-state index >= 15 is 0 Å². The maximum Gasteiger partial charge on any atom is 0.256 e. The quantitative estimate of drug-likeness (QED) is 0.861. The van der Waals surface area contributed by atoms with Gasteiger partial charge in [0.1, 0.15) is 5.82 Å². The van der Waals surface area contributed by atoms with Crippen LogP contribution in [-0.4, -0.2) is 32.3 Å². The number of carbonyl (C=O) groups is 1. The van der Waals surface area contributed by atoms with Gasteiger partial charge in [0.2, 0.25) is 10.0 Å². The number of nitrogens with two attached hydrogens (primary N) is 1. The Bertz CT molecular complexity index is 580. The zero-order valence-electron chi connectivity index (χ0n) is 9.60. The molecule has 0 saturated carbocycles. The summed E-state index contributed by atoms with van der Waals surface area (Å²) in [6.45, 7) is 1.13. The molecule has 7 heteroatoms. The second kappa shape index (κ2) is 4.66. The summed E-state index contributed by atoms with van der Waals surface area (Å²) in [5.41, 5.74) is -0.247. The number of rotatable bonds is 2. The number of amides is 1. The number of hydrogen-bond acceptors (Lipinski definition) is 3. The molecule has 2 rings (SSSR count). The highest BCUT2D eigenvalue weighted by Gasteiger charge is 2.23. The van der Waals surface area contributed by atoms with Gasteiger partial charge < -0.3 is 4.90 Å². The van der Waals surface area contributed by atoms with E-state index in [-0.39, 0.29) is 10.5 Å². The van der Waals surface area contributed by atoms with Crippen molar-refractivity contribution in [3.8, 4) is 0 Å². The van der Waals surface area contributed by atoms with Crippen LogP contribution in [0.1, 0.15) is 23.2 Å². The van der Waals surface area contributed by atoms with Crippen LogP contribution in [0.2, 0.25) is 0 Å². The zero-order chi connectivity index (χ0) is 13.3. The lowest BCUT2D eigenvalue weighted by molar-refractivity contribution is 0.0788. The van der Waals surface area contributed by atoms with Gasteiger partial charge in [-0.2, -0.15) is 0 Å². The monoisotopic (exact) mass is 272 g/mol. The number of likely N-dealkylation sites (tertiary alicyclic amines) is 1. The minimum Gasteiger partial charge on any atom is -0.339 e. The van der Waals surface area contributed by atoms with E-state index in [2.05, 4.69) is 0 Å². The van der Waals surface area contributed by atoms with Gasteiger partial charge in [-0.1, -0.05) is 0 Å². The standard InChI is InChI=1S/C11H13FN2O3S/c12-10-4-3-8(18(13,16)17)7-9(10)11(15)14-5-1-2-6-14/h3-4,7H,1-2,5-6H2,(H2,13,16,17). The molecule has 0 atom stereocenters. The molecule has 98 valence electrons. The molecule has 1 fully saturated rings. The van der Waals surface area contributed by atoms with E-state index in [1.165, 1.54) is 4.90 Å². The summed E-state index contributed by atoms with van der Waals surface area (Å²) in [5.74, 6) is -1.23. The first kappa shape index (κ1) is 13.0. The lowest BCUT2D eigenvalue weighted by atomic mass is 10.2. The Hall–Kier alpha value is -1.47. The third-order valence-corrected chi connectivity index (χ3v) is 3.80. The first-order chi connectivity index (χ1) is 8.39. The molecule has 1 saturated heterocycles. The molecule has 1 aromatic rings. The summed E-state index contributed by atoms with van der Waals surface area (Å²) in [5, 5.41) is 4.95. The van der Waals surface area contributed by atoms with Crippen molar-refractivity contribution in [3.05, 3.63) is 29.6 Å². The van der Waals surface area contributed by atoms with Gasteiger partial charge in [0, 0.05) is 13.1 Å². The van der Waals surface area contributed by atoms with Crippen LogP contribution in [0.15, 0.2) is 23.1 Å². The van der Waals surface area contributed by atoms with Gasteiger partial charge in [-0.3, -0.25) is 4.79 Å². The van der Waals surface area contributed by atoms with Gasteiger partial charge in [-0.15, -0.1) is 0 Å². The van der Waals surface area contributed by atoms with Crippen molar-refractivity contribution in [2.75, 3.05) is 13.1 Å². The van der Waals surface area contributed by atoms with Gasteiger partial charge >= 0.3 is 0 Å². The van der Waals surface area contributed by atoms with Crippen molar-refractivity contribution in [1.82, 2.24) is 4.90 Å². The molecule has 0 aliphatic carbocycles. The molecular weight excluding hydrogens is 259 g/mol. The molecule has 0 spiro atoms. The number of carbonyl (C=O) groups excluding carboxylic acids is 1. The van der Waals surface area contributed by atoms with E-state index in [0.29, 0.717) is 13.1 Å². The Kier molecular flexibility index (Phi) is 3.36. The summed E-state index contributed by atoms with van der Waals surface area (Å²) < 4.78 is 35.9. The van der Waals surface area contributed by atoms with Crippen molar-refractivity contribution in [1.29, 1.82) is 0 Å². The van der Waals surface area contributed by atoms with Crippen LogP contribution in [0, 0.1) is 5.82 Å². The van der Waals surface area contributed by atoms with E-state index in [0.717, 1.165) is 31.0 Å². The minimum absolute atomic E-state index is 0.247. The smallest absolute Gasteiger partial charge is 0.256 e. The Balaban J connectivity index is 2.40. The molecule has 1 aliphatic rings. The van der Waals surface area contributed by atoms with Gasteiger partial charge in [0.05, 0.1) is 10.5 Å². The number of halogens is 1. The zero-order valence-corrected chi connectivity index (χ0v) is 10.4. The molecule has 1 aromatic carbocycles. The molecule has 1 amide bonds. The Morgan fingerprint density at radius 2 is 1.89 bits per heavy atom. The Morgan fingerprint density at radius 3 is 2.44 bits per heavy atom. The van der Waals surface area contributed by atoms with Crippen LogP contribution in [0.5, 0.6) is 0 Å². The van der Waals surface area contributed by atoms with Crippen molar-refractivity contribution >= 4 is 15.9 Å². The van der Waals surface area contributed by atoms with Gasteiger partial charge in [-0.25, -0.2) is 17.9 Å². The topological polar surface area (TPSA) is 80.5 Å². The molecule has 0 aromatic heterocycles. The summed E-state index contributed by atoms with van der Waals surface area (Å²) >= 11 is 0. The number of nitrogens with zero attached hydrogens (tertiary/aromatic N) is 1. The van der Waals surface area contributed by atoms with E-state index in [1.807, 2.05) is 0 Å². The van der Waals surface area contributed by atoms with Crippen molar-refractivity contribution < 1.29 is 17.6 Å². The van der Waals surface area contributed by atoms with Gasteiger partial charge in [-0.05, 0) is 31.0 Å². The fourth-order valence-electron chi connectivity index (χ4n) is 1.94. The molecule has 18 heavy (non-hydrogen) atoms. The highest BCUT2D eigenvalue weighted by atomic mass is 32.2. The summed E-state index contributed by atoms with van der Waals surface area (Å²) in [7, 11) is -3.94. The number of primary sulfonamides is 1. The van der Waals surface area contributed by atoms with Gasteiger partial charge in [0.25, 0.3) is 5.91 Å². The van der Waals surface area contributed by atoms with Crippen LogP contribution in [-0.2, 0) is 10.0 Å². The number of sulfonamides is 1. The fourth-order valence-corrected chi connectivity index (χ4v) is 2.48. The van der Waals surface area contributed by atoms with E-state index in [1.54, 1.807) is 0 Å². The molecule has 5 nitrogen and oxygen atoms in total. The maximum atomic E-state index is 13.6. The summed E-state index contributed by atoms with van der Waals surface area (Å²) in [6.07, 6.45) is 1.75. The van der Waals surface area contributed by atoms with Crippen molar-refractivity contribution in [3.63, 3.8) is 0 Å². The average Bonchev–Trinajstić information content (AvgIpc) is 2.80. The second-order valence-corrected chi connectivity index (χ2v) is 5.75. The molecule has 1 heterocycles. The SMILES string of the molecule is NS(=O)(=O)c1ccc(F)c(C(=O)N2CCCC2)c1. The molecule has 0 radical (unpaired) electrons. The molecular formula is C11H13FN2O3S. The first-order valence-corrected chi connectivity index (χ1v) is 7.06. The maximum absolute atomic E-state index is 13.6. The number of hydrogen-bond donors (Lipinski definition) is 1. The second-order valence-electron chi connectivity index (χ2n) is 4.19. The normalized spacial score (nSPS) is 16.0. The average molecular weight is 272 g/mol. The Morgan fingerprint density at radius 1 is 1.28 bits per heavy atom. The lowest BCUT2D eigenvalue weighted by Gasteiger charge is -2.15. The van der Waals surface area contributed by atoms with Crippen LogP contribution in [0.3, 0.4) is 0 Å². The Labute approximate surface area is 104 Å². The summed E-state index contributed by atoms with van der Waals surface area (Å²) in [4.78, 5) is 13.2. The third-order valence-electron chi connectivity index (χ3n) is 2.89.